The molecule has 0 saturated carbocycles. The number of aromatic nitrogens is 2. The molecule has 1 heterocycles. The molecule has 0 unspecified atom stereocenters. The molecule has 14 heteroatoms. The number of rotatable bonds is 15. The van der Waals surface area contributed by atoms with Gasteiger partial charge in [-0.15, -0.1) is 0 Å². The summed E-state index contributed by atoms with van der Waals surface area (Å²) in [4.78, 5) is 22.5. The summed E-state index contributed by atoms with van der Waals surface area (Å²) in [6, 6.07) is 14.4. The molecule has 3 aromatic rings. The Labute approximate surface area is 242 Å². The van der Waals surface area contributed by atoms with Crippen LogP contribution >= 0.6 is 0 Å². The van der Waals surface area contributed by atoms with Crippen molar-refractivity contribution in [2.75, 3.05) is 19.8 Å². The molecule has 0 radical (unpaired) electrons. The third-order valence-corrected chi connectivity index (χ3v) is 7.26. The van der Waals surface area contributed by atoms with Crippen molar-refractivity contribution < 1.29 is 47.0 Å². The summed E-state index contributed by atoms with van der Waals surface area (Å²) >= 11 is 0. The third kappa shape index (κ3) is 9.95. The lowest BCUT2D eigenvalue weighted by Gasteiger charge is -2.06. The van der Waals surface area contributed by atoms with E-state index in [-0.39, 0.29) is 28.9 Å². The Kier molecular flexibility index (Phi) is 12.4. The molecular weight excluding hydrogens is 570 g/mol. The molecule has 0 aliphatic carbocycles. The van der Waals surface area contributed by atoms with Gasteiger partial charge in [0.15, 0.2) is 13.2 Å². The lowest BCUT2D eigenvalue weighted by Crippen LogP contribution is -2.30. The number of nitrogens with zero attached hydrogens (tertiary/aromatic N) is 2. The molecule has 1 amide bonds. The lowest BCUT2D eigenvalue weighted by atomic mass is 10.1. The van der Waals surface area contributed by atoms with Crippen LogP contribution in [0.5, 0.6) is 11.6 Å². The zero-order chi connectivity index (χ0) is 30.2. The van der Waals surface area contributed by atoms with Gasteiger partial charge in [0.2, 0.25) is 5.91 Å². The van der Waals surface area contributed by atoms with Gasteiger partial charge in [0.1, 0.15) is 5.75 Å². The highest BCUT2D eigenvalue weighted by Gasteiger charge is 2.35. The van der Waals surface area contributed by atoms with E-state index >= 15 is 0 Å². The smallest absolute Gasteiger partial charge is 0.415 e. The Bertz CT molecular complexity index is 1510. The first-order valence-corrected chi connectivity index (χ1v) is 14.3. The predicted octanol–water partition coefficient (Wildman–Crippen LogP) is 2.61. The van der Waals surface area contributed by atoms with Crippen LogP contribution in [0.15, 0.2) is 75.2 Å². The molecule has 0 aliphatic rings. The van der Waals surface area contributed by atoms with E-state index in [1.54, 1.807) is 41.9 Å². The van der Waals surface area contributed by atoms with Crippen LogP contribution in [0.4, 0.5) is 0 Å². The summed E-state index contributed by atoms with van der Waals surface area (Å²) < 4.78 is 45.7. The highest BCUT2D eigenvalue weighted by Crippen LogP contribution is 2.24. The maximum absolute atomic E-state index is 12.7. The number of carbonyl (C=O) groups is 2. The Morgan fingerprint density at radius 3 is 2.45 bits per heavy atom. The highest BCUT2D eigenvalue weighted by atomic mass is 32.2. The van der Waals surface area contributed by atoms with Gasteiger partial charge in [-0.05, 0) is 53.6 Å². The number of amides is 1. The van der Waals surface area contributed by atoms with E-state index in [1.807, 2.05) is 0 Å². The van der Waals surface area contributed by atoms with Crippen LogP contribution in [-0.2, 0) is 24.2 Å². The van der Waals surface area contributed by atoms with Crippen molar-refractivity contribution in [1.82, 2.24) is 10.6 Å². The van der Waals surface area contributed by atoms with Gasteiger partial charge in [0.25, 0.3) is 9.84 Å². The van der Waals surface area contributed by atoms with Crippen molar-refractivity contribution in [2.24, 2.45) is 0 Å². The number of hydroxylamine groups is 1. The van der Waals surface area contributed by atoms with E-state index in [9.17, 15) is 23.2 Å². The second-order valence-corrected chi connectivity index (χ2v) is 10.4. The molecule has 42 heavy (non-hydrogen) atoms. The maximum atomic E-state index is 12.7. The summed E-state index contributed by atoms with van der Waals surface area (Å²) in [5, 5.41) is 22.8. The Morgan fingerprint density at radius 1 is 1.00 bits per heavy atom. The number of esters is 1. The maximum Gasteiger partial charge on any atom is 0.415 e. The van der Waals surface area contributed by atoms with Gasteiger partial charge in [-0.2, -0.15) is 0 Å². The number of nitrogens with one attached hydrogen (secondary N) is 1. The molecule has 1 aromatic heterocycles. The van der Waals surface area contributed by atoms with Crippen LogP contribution < -0.4 is 19.9 Å². The largest absolute Gasteiger partial charge is 0.494 e. The van der Waals surface area contributed by atoms with Crippen molar-refractivity contribution in [1.29, 1.82) is 0 Å². The fourth-order valence-electron chi connectivity index (χ4n) is 3.43. The molecule has 0 aliphatic heterocycles. The zero-order valence-electron chi connectivity index (χ0n) is 22.4. The summed E-state index contributed by atoms with van der Waals surface area (Å²) in [6.07, 6.45) is 6.42. The first-order chi connectivity index (χ1) is 20.3. The quantitative estimate of drug-likeness (QED) is 0.0498. The van der Waals surface area contributed by atoms with E-state index in [0.717, 1.165) is 24.8 Å². The average molecular weight is 600 g/mol. The van der Waals surface area contributed by atoms with Crippen molar-refractivity contribution >= 4 is 27.8 Å². The first kappa shape index (κ1) is 31.7. The molecule has 0 bridgehead atoms. The number of hydrogen-bond donors (Lipinski definition) is 2. The Hall–Kier alpha value is -4.87. The average Bonchev–Trinajstić information content (AvgIpc) is 3.38. The van der Waals surface area contributed by atoms with Crippen LogP contribution in [0.1, 0.15) is 37.7 Å². The minimum atomic E-state index is -4.24. The summed E-state index contributed by atoms with van der Waals surface area (Å²) in [5.41, 5.74) is 2.36. The SMILES string of the molecule is O=C(CCCCCCOc1ccc(C=CC(=O)OCC#CCOc2no[n+]([O-])c2S(=O)(=O)c2ccccc2)cc1)NO. The van der Waals surface area contributed by atoms with Crippen LogP contribution in [0.3, 0.4) is 0 Å². The minimum Gasteiger partial charge on any atom is -0.494 e. The second kappa shape index (κ2) is 16.4. The van der Waals surface area contributed by atoms with Crippen molar-refractivity contribution in [2.45, 2.75) is 42.0 Å². The van der Waals surface area contributed by atoms with Crippen molar-refractivity contribution in [3.63, 3.8) is 0 Å². The molecule has 0 spiro atoms. The molecule has 0 atom stereocenters. The van der Waals surface area contributed by atoms with Crippen LogP contribution in [0, 0.1) is 17.0 Å². The van der Waals surface area contributed by atoms with Gasteiger partial charge < -0.3 is 19.4 Å². The third-order valence-electron chi connectivity index (χ3n) is 5.53. The normalized spacial score (nSPS) is 11.0. The minimum absolute atomic E-state index is 0.134. The molecular formula is C28H29N3O10S. The predicted molar refractivity (Wildman–Crippen MR) is 146 cm³/mol. The standard InChI is InChI=1S/C28H29N3O10S/c32-25(29-34)12-6-1-2-7-19-38-23-16-13-22(14-17-23)15-18-26(33)39-20-8-9-21-40-27-28(31(35)41-30-27)42(36,37)24-10-4-3-5-11-24/h3-5,10-11,13-18,34H,1-2,6-7,12,19-21H2,(H,29,32). The van der Waals surface area contributed by atoms with E-state index in [4.69, 9.17) is 19.4 Å². The van der Waals surface area contributed by atoms with E-state index < -0.39 is 26.7 Å². The molecule has 2 N–H and O–H groups in total. The topological polar surface area (TPSA) is 181 Å². The number of sulfone groups is 1. The van der Waals surface area contributed by atoms with Crippen LogP contribution in [0.25, 0.3) is 6.08 Å². The fourth-order valence-corrected chi connectivity index (χ4v) is 4.72. The first-order valence-electron chi connectivity index (χ1n) is 12.8. The van der Waals surface area contributed by atoms with E-state index in [0.29, 0.717) is 25.2 Å². The number of ether oxygens (including phenoxy) is 3. The Balaban J connectivity index is 1.35. The van der Waals surface area contributed by atoms with Gasteiger partial charge >= 0.3 is 16.9 Å². The summed E-state index contributed by atoms with van der Waals surface area (Å²) in [6.45, 7) is -0.0521. The summed E-state index contributed by atoms with van der Waals surface area (Å²) in [5.74, 6) is 4.22. The molecule has 0 fully saturated rings. The number of hydrogen-bond acceptors (Lipinski definition) is 11. The highest BCUT2D eigenvalue weighted by molar-refractivity contribution is 7.91. The van der Waals surface area contributed by atoms with Gasteiger partial charge in [-0.3, -0.25) is 14.6 Å². The van der Waals surface area contributed by atoms with Gasteiger partial charge in [0.05, 0.1) is 16.7 Å². The van der Waals surface area contributed by atoms with Crippen LogP contribution in [0.2, 0.25) is 0 Å². The zero-order valence-corrected chi connectivity index (χ0v) is 23.2. The van der Waals surface area contributed by atoms with E-state index in [1.165, 1.54) is 30.3 Å². The van der Waals surface area contributed by atoms with E-state index in [2.05, 4.69) is 21.6 Å². The van der Waals surface area contributed by atoms with Gasteiger partial charge in [-0.1, -0.05) is 55.0 Å². The molecule has 13 nitrogen and oxygen atoms in total. The number of carbonyl (C=O) groups excluding carboxylic acids is 2. The fraction of sp³-hybridized carbons (Fsp3) is 0.286. The van der Waals surface area contributed by atoms with Gasteiger partial charge in [-0.25, -0.2) is 18.7 Å². The number of benzene rings is 2. The molecule has 222 valence electrons. The van der Waals surface area contributed by atoms with Gasteiger partial charge in [0, 0.05) is 12.5 Å². The van der Waals surface area contributed by atoms with Crippen LogP contribution in [-0.4, -0.2) is 50.5 Å². The molecule has 3 rings (SSSR count). The van der Waals surface area contributed by atoms with Crippen molar-refractivity contribution in [3.8, 4) is 23.5 Å². The monoisotopic (exact) mass is 599 g/mol. The second-order valence-electron chi connectivity index (χ2n) is 8.56. The molecule has 0 saturated heterocycles. The van der Waals surface area contributed by atoms with Crippen molar-refractivity contribution in [3.05, 3.63) is 71.4 Å². The summed E-state index contributed by atoms with van der Waals surface area (Å²) in [7, 11) is -4.24. The Morgan fingerprint density at radius 2 is 1.71 bits per heavy atom. The lowest BCUT2D eigenvalue weighted by molar-refractivity contribution is -0.832. The molecule has 2 aromatic carbocycles. The number of unbranched alkanes of at least 4 members (excludes halogenated alkanes) is 3.